The summed E-state index contributed by atoms with van der Waals surface area (Å²) in [5, 5.41) is 10.4. The molecule has 1 saturated heterocycles. The third kappa shape index (κ3) is 5.33. The Labute approximate surface area is 203 Å². The van der Waals surface area contributed by atoms with Crippen LogP contribution in [-0.4, -0.2) is 42.2 Å². The minimum absolute atomic E-state index is 0.150. The number of nitrogens with one attached hydrogen (secondary N) is 3. The van der Waals surface area contributed by atoms with Crippen molar-refractivity contribution in [2.75, 3.05) is 30.8 Å². The van der Waals surface area contributed by atoms with Crippen molar-refractivity contribution in [2.24, 2.45) is 0 Å². The summed E-state index contributed by atoms with van der Waals surface area (Å²) in [6.07, 6.45) is 3.60. The zero-order valence-electron chi connectivity index (χ0n) is 19.5. The first-order valence-corrected chi connectivity index (χ1v) is 11.6. The molecule has 3 aromatic carbocycles. The monoisotopic (exact) mass is 469 g/mol. The molecule has 1 aliphatic rings. The van der Waals surface area contributed by atoms with Gasteiger partial charge in [0.2, 0.25) is 0 Å². The van der Waals surface area contributed by atoms with E-state index in [0.29, 0.717) is 28.6 Å². The van der Waals surface area contributed by atoms with E-state index in [-0.39, 0.29) is 12.0 Å². The first-order chi connectivity index (χ1) is 17.2. The lowest BCUT2D eigenvalue weighted by Gasteiger charge is -2.25. The second-order valence-corrected chi connectivity index (χ2v) is 8.33. The molecule has 1 aromatic heterocycles. The van der Waals surface area contributed by atoms with E-state index in [4.69, 9.17) is 9.47 Å². The average molecular weight is 470 g/mol. The second kappa shape index (κ2) is 10.4. The maximum atomic E-state index is 12.4. The fraction of sp³-hybridized carbons (Fsp3) is 0.222. The molecular formula is C27H27N5O3. The number of amides is 1. The number of anilines is 3. The van der Waals surface area contributed by atoms with Crippen LogP contribution in [0.4, 0.5) is 17.2 Å². The number of ether oxygens (including phenoxy) is 2. The molecule has 3 N–H and O–H groups in total. The van der Waals surface area contributed by atoms with Gasteiger partial charge in [-0.05, 0) is 68.4 Å². The fourth-order valence-corrected chi connectivity index (χ4v) is 4.07. The smallest absolute Gasteiger partial charge is 0.255 e. The van der Waals surface area contributed by atoms with Crippen LogP contribution < -0.4 is 25.4 Å². The van der Waals surface area contributed by atoms with Gasteiger partial charge < -0.3 is 25.4 Å². The predicted octanol–water partition coefficient (Wildman–Crippen LogP) is 4.77. The van der Waals surface area contributed by atoms with E-state index in [9.17, 15) is 4.79 Å². The van der Waals surface area contributed by atoms with E-state index in [2.05, 4.69) is 25.9 Å². The van der Waals surface area contributed by atoms with E-state index >= 15 is 0 Å². The van der Waals surface area contributed by atoms with Gasteiger partial charge in [-0.2, -0.15) is 0 Å². The van der Waals surface area contributed by atoms with E-state index in [0.717, 1.165) is 42.5 Å². The van der Waals surface area contributed by atoms with Gasteiger partial charge in [0, 0.05) is 28.4 Å². The van der Waals surface area contributed by atoms with Crippen LogP contribution in [0.1, 0.15) is 23.2 Å². The average Bonchev–Trinajstić information content (AvgIpc) is 2.90. The van der Waals surface area contributed by atoms with Crippen molar-refractivity contribution in [3.8, 4) is 11.5 Å². The summed E-state index contributed by atoms with van der Waals surface area (Å²) in [6, 6.07) is 20.4. The Morgan fingerprint density at radius 3 is 2.43 bits per heavy atom. The number of fused-ring (bicyclic) bond motifs is 1. The molecule has 8 nitrogen and oxygen atoms in total. The first-order valence-electron chi connectivity index (χ1n) is 11.6. The van der Waals surface area contributed by atoms with Crippen LogP contribution in [0.25, 0.3) is 10.9 Å². The Balaban J connectivity index is 1.33. The van der Waals surface area contributed by atoms with E-state index in [1.54, 1.807) is 19.2 Å². The number of carbonyl (C=O) groups is 1. The maximum Gasteiger partial charge on any atom is 0.255 e. The Morgan fingerprint density at radius 2 is 1.69 bits per heavy atom. The third-order valence-electron chi connectivity index (χ3n) is 5.94. The number of carbonyl (C=O) groups excluding carboxylic acids is 1. The highest BCUT2D eigenvalue weighted by Crippen LogP contribution is 2.36. The van der Waals surface area contributed by atoms with Crippen molar-refractivity contribution in [3.63, 3.8) is 0 Å². The molecule has 2 heterocycles. The Kier molecular flexibility index (Phi) is 6.72. The van der Waals surface area contributed by atoms with Gasteiger partial charge in [0.05, 0.1) is 12.6 Å². The van der Waals surface area contributed by atoms with E-state index in [1.165, 1.54) is 6.33 Å². The molecule has 0 atom stereocenters. The van der Waals surface area contributed by atoms with Crippen molar-refractivity contribution >= 4 is 34.0 Å². The third-order valence-corrected chi connectivity index (χ3v) is 5.94. The van der Waals surface area contributed by atoms with Gasteiger partial charge in [-0.1, -0.05) is 18.2 Å². The van der Waals surface area contributed by atoms with E-state index < -0.39 is 0 Å². The number of nitrogens with zero attached hydrogens (tertiary/aromatic N) is 2. The van der Waals surface area contributed by atoms with Gasteiger partial charge in [-0.25, -0.2) is 9.97 Å². The molecule has 1 amide bonds. The van der Waals surface area contributed by atoms with Crippen LogP contribution >= 0.6 is 0 Å². The lowest BCUT2D eigenvalue weighted by molar-refractivity contribution is 0.102. The van der Waals surface area contributed by atoms with Gasteiger partial charge in [0.15, 0.2) is 11.5 Å². The van der Waals surface area contributed by atoms with Crippen LogP contribution in [0.2, 0.25) is 0 Å². The van der Waals surface area contributed by atoms with E-state index in [1.807, 2.05) is 54.6 Å². The highest BCUT2D eigenvalue weighted by Gasteiger charge is 2.18. The van der Waals surface area contributed by atoms with Crippen LogP contribution in [0, 0.1) is 0 Å². The number of rotatable bonds is 7. The van der Waals surface area contributed by atoms with Crippen molar-refractivity contribution in [1.29, 1.82) is 0 Å². The normalized spacial score (nSPS) is 13.9. The first kappa shape index (κ1) is 22.6. The zero-order valence-corrected chi connectivity index (χ0v) is 19.5. The van der Waals surface area contributed by atoms with Crippen molar-refractivity contribution < 1.29 is 14.3 Å². The van der Waals surface area contributed by atoms with Crippen molar-refractivity contribution in [3.05, 3.63) is 78.6 Å². The summed E-state index contributed by atoms with van der Waals surface area (Å²) in [6.45, 7) is 1.90. The van der Waals surface area contributed by atoms with Gasteiger partial charge in [-0.15, -0.1) is 0 Å². The van der Waals surface area contributed by atoms with Crippen LogP contribution in [-0.2, 0) is 0 Å². The fourth-order valence-electron chi connectivity index (χ4n) is 4.07. The number of benzene rings is 3. The zero-order chi connectivity index (χ0) is 24.0. The Hall–Kier alpha value is -4.17. The van der Waals surface area contributed by atoms with Gasteiger partial charge in [0.1, 0.15) is 18.2 Å². The number of hydrogen-bond donors (Lipinski definition) is 3. The van der Waals surface area contributed by atoms with Gasteiger partial charge in [-0.3, -0.25) is 4.79 Å². The highest BCUT2D eigenvalue weighted by molar-refractivity contribution is 6.04. The predicted molar refractivity (Wildman–Crippen MR) is 137 cm³/mol. The van der Waals surface area contributed by atoms with Crippen molar-refractivity contribution in [1.82, 2.24) is 15.3 Å². The summed E-state index contributed by atoms with van der Waals surface area (Å²) < 4.78 is 11.9. The van der Waals surface area contributed by atoms with Crippen LogP contribution in [0.3, 0.4) is 0 Å². The Morgan fingerprint density at radius 1 is 0.943 bits per heavy atom. The topological polar surface area (TPSA) is 97.4 Å². The quantitative estimate of drug-likeness (QED) is 0.359. The highest BCUT2D eigenvalue weighted by atomic mass is 16.5. The SMILES string of the molecule is COc1cc2c(Nc3ccc(NC(=O)c4ccccc4)cc3)ncnc2cc1OC1CCNCC1. The molecule has 0 radical (unpaired) electrons. The maximum absolute atomic E-state index is 12.4. The largest absolute Gasteiger partial charge is 0.493 e. The summed E-state index contributed by atoms with van der Waals surface area (Å²) in [5.74, 6) is 1.84. The second-order valence-electron chi connectivity index (χ2n) is 8.33. The summed E-state index contributed by atoms with van der Waals surface area (Å²) in [7, 11) is 1.63. The minimum Gasteiger partial charge on any atom is -0.493 e. The summed E-state index contributed by atoms with van der Waals surface area (Å²) in [4.78, 5) is 21.3. The molecule has 4 aromatic rings. The number of hydrogen-bond acceptors (Lipinski definition) is 7. The molecule has 35 heavy (non-hydrogen) atoms. The van der Waals surface area contributed by atoms with Crippen molar-refractivity contribution in [2.45, 2.75) is 18.9 Å². The van der Waals surface area contributed by atoms with Gasteiger partial charge >= 0.3 is 0 Å². The molecule has 0 bridgehead atoms. The molecule has 1 fully saturated rings. The van der Waals surface area contributed by atoms with Crippen LogP contribution in [0.5, 0.6) is 11.5 Å². The number of methoxy groups -OCH3 is 1. The Bertz CT molecular complexity index is 1310. The molecular weight excluding hydrogens is 442 g/mol. The standard InChI is InChI=1S/C27H27N5O3/c1-34-24-15-22-23(16-25(24)35-21-11-13-28-14-12-21)29-17-30-26(22)31-19-7-9-20(10-8-19)32-27(33)18-5-3-2-4-6-18/h2-10,15-17,21,28H,11-14H2,1H3,(H,32,33)(H,29,30,31). The molecule has 178 valence electrons. The molecule has 0 aliphatic carbocycles. The molecule has 0 spiro atoms. The molecule has 0 unspecified atom stereocenters. The minimum atomic E-state index is -0.150. The lowest BCUT2D eigenvalue weighted by atomic mass is 10.1. The van der Waals surface area contributed by atoms with Gasteiger partial charge in [0.25, 0.3) is 5.91 Å². The summed E-state index contributed by atoms with van der Waals surface area (Å²) in [5.41, 5.74) is 2.91. The molecule has 5 rings (SSSR count). The number of aromatic nitrogens is 2. The molecule has 0 saturated carbocycles. The van der Waals surface area contributed by atoms with Crippen LogP contribution in [0.15, 0.2) is 73.1 Å². The lowest BCUT2D eigenvalue weighted by Crippen LogP contribution is -2.34. The molecule has 1 aliphatic heterocycles. The molecule has 8 heteroatoms. The summed E-state index contributed by atoms with van der Waals surface area (Å²) >= 11 is 0. The number of piperidine rings is 1.